The molecule has 3 rings (SSSR count). The number of nitrogens with two attached hydrogens (primary N) is 1. The second-order valence-corrected chi connectivity index (χ2v) is 4.82. The highest BCUT2D eigenvalue weighted by atomic mass is 19.1. The molecular weight excluding hydrogens is 255 g/mol. The molecule has 0 aliphatic rings. The number of nitrogen functional groups attached to an aromatic ring is 1. The summed E-state index contributed by atoms with van der Waals surface area (Å²) in [7, 11) is 0. The van der Waals surface area contributed by atoms with Crippen molar-refractivity contribution in [3.8, 4) is 0 Å². The number of hydrogen-bond acceptors (Lipinski definition) is 2. The van der Waals surface area contributed by atoms with Crippen LogP contribution < -0.4 is 5.73 Å². The fraction of sp³-hybridized carbons (Fsp3) is 0.0625. The molecule has 0 atom stereocenters. The van der Waals surface area contributed by atoms with Gasteiger partial charge in [0.15, 0.2) is 5.78 Å². The van der Waals surface area contributed by atoms with Gasteiger partial charge in [-0.15, -0.1) is 0 Å². The van der Waals surface area contributed by atoms with E-state index in [-0.39, 0.29) is 11.5 Å². The quantitative estimate of drug-likeness (QED) is 0.552. The van der Waals surface area contributed by atoms with E-state index in [0.717, 1.165) is 16.5 Å². The zero-order valence-electron chi connectivity index (χ0n) is 10.9. The van der Waals surface area contributed by atoms with Crippen molar-refractivity contribution in [1.82, 2.24) is 4.98 Å². The lowest BCUT2D eigenvalue weighted by Crippen LogP contribution is -2.02. The summed E-state index contributed by atoms with van der Waals surface area (Å²) >= 11 is 0. The van der Waals surface area contributed by atoms with Crippen molar-refractivity contribution >= 4 is 22.4 Å². The van der Waals surface area contributed by atoms with Crippen LogP contribution in [0.2, 0.25) is 0 Å². The maximum atomic E-state index is 13.2. The summed E-state index contributed by atoms with van der Waals surface area (Å²) in [6, 6.07) is 9.85. The molecule has 4 heteroatoms. The number of aromatic amines is 1. The second-order valence-electron chi connectivity index (χ2n) is 4.82. The van der Waals surface area contributed by atoms with Crippen molar-refractivity contribution in [3.05, 3.63) is 65.1 Å². The molecule has 3 nitrogen and oxygen atoms in total. The van der Waals surface area contributed by atoms with Crippen molar-refractivity contribution in [2.24, 2.45) is 0 Å². The van der Waals surface area contributed by atoms with Gasteiger partial charge in [0.05, 0.1) is 5.69 Å². The fourth-order valence-electron chi connectivity index (χ4n) is 2.27. The summed E-state index contributed by atoms with van der Waals surface area (Å²) in [5.41, 5.74) is 8.45. The summed E-state index contributed by atoms with van der Waals surface area (Å²) in [5.74, 6) is -0.692. The van der Waals surface area contributed by atoms with Gasteiger partial charge in [-0.3, -0.25) is 4.79 Å². The van der Waals surface area contributed by atoms with E-state index >= 15 is 0 Å². The van der Waals surface area contributed by atoms with Crippen LogP contribution in [0.15, 0.2) is 42.6 Å². The number of aryl methyl sites for hydroxylation is 1. The van der Waals surface area contributed by atoms with Crippen LogP contribution in [-0.2, 0) is 0 Å². The Morgan fingerprint density at radius 2 is 2.00 bits per heavy atom. The Hall–Kier alpha value is -2.62. The summed E-state index contributed by atoms with van der Waals surface area (Å²) in [6.45, 7) is 1.99. The van der Waals surface area contributed by atoms with E-state index in [1.807, 2.05) is 25.1 Å². The van der Waals surface area contributed by atoms with Crippen LogP contribution in [0, 0.1) is 12.7 Å². The van der Waals surface area contributed by atoms with Crippen LogP contribution in [0.4, 0.5) is 10.1 Å². The molecule has 0 saturated heterocycles. The number of halogens is 1. The van der Waals surface area contributed by atoms with Crippen molar-refractivity contribution in [2.75, 3.05) is 5.73 Å². The number of ketones is 1. The number of fused-ring (bicyclic) bond motifs is 1. The van der Waals surface area contributed by atoms with Crippen LogP contribution in [0.1, 0.15) is 21.5 Å². The van der Waals surface area contributed by atoms with E-state index in [1.165, 1.54) is 18.2 Å². The predicted molar refractivity (Wildman–Crippen MR) is 77.3 cm³/mol. The van der Waals surface area contributed by atoms with E-state index in [9.17, 15) is 9.18 Å². The van der Waals surface area contributed by atoms with E-state index < -0.39 is 5.82 Å². The smallest absolute Gasteiger partial charge is 0.195 e. The van der Waals surface area contributed by atoms with Gasteiger partial charge < -0.3 is 10.7 Å². The zero-order chi connectivity index (χ0) is 14.3. The Balaban J connectivity index is 2.10. The monoisotopic (exact) mass is 268 g/mol. The van der Waals surface area contributed by atoms with Crippen molar-refractivity contribution < 1.29 is 9.18 Å². The number of anilines is 1. The Morgan fingerprint density at radius 1 is 1.20 bits per heavy atom. The van der Waals surface area contributed by atoms with Gasteiger partial charge in [-0.1, -0.05) is 12.1 Å². The molecule has 2 aromatic carbocycles. The maximum Gasteiger partial charge on any atom is 0.195 e. The second kappa shape index (κ2) is 4.49. The topological polar surface area (TPSA) is 58.9 Å². The van der Waals surface area contributed by atoms with Crippen LogP contribution in [-0.4, -0.2) is 10.8 Å². The van der Waals surface area contributed by atoms with Gasteiger partial charge in [-0.25, -0.2) is 4.39 Å². The minimum atomic E-state index is -0.517. The third kappa shape index (κ3) is 1.95. The number of aromatic nitrogens is 1. The van der Waals surface area contributed by atoms with E-state index in [2.05, 4.69) is 4.98 Å². The fourth-order valence-corrected chi connectivity index (χ4v) is 2.27. The van der Waals surface area contributed by atoms with Crippen LogP contribution in [0.3, 0.4) is 0 Å². The van der Waals surface area contributed by atoms with Gasteiger partial charge in [-0.05, 0) is 36.8 Å². The minimum absolute atomic E-state index is 0.0217. The molecule has 100 valence electrons. The molecule has 1 heterocycles. The Bertz CT molecular complexity index is 820. The number of hydrogen-bond donors (Lipinski definition) is 2. The van der Waals surface area contributed by atoms with Crippen LogP contribution >= 0.6 is 0 Å². The standard InChI is InChI=1S/C16H13FN2O/c1-9-2-4-11-12(8-19-15(11)6-9)16(20)10-3-5-13(17)14(18)7-10/h2-8,19H,18H2,1H3. The Kier molecular flexibility index (Phi) is 2.79. The van der Waals surface area contributed by atoms with Crippen molar-refractivity contribution in [2.45, 2.75) is 6.92 Å². The number of H-pyrrole nitrogens is 1. The summed E-state index contributed by atoms with van der Waals surface area (Å²) in [6.07, 6.45) is 1.67. The third-order valence-corrected chi connectivity index (χ3v) is 3.34. The van der Waals surface area contributed by atoms with Crippen molar-refractivity contribution in [1.29, 1.82) is 0 Å². The molecule has 3 aromatic rings. The lowest BCUT2D eigenvalue weighted by molar-refractivity contribution is 0.104. The highest BCUT2D eigenvalue weighted by Gasteiger charge is 2.15. The predicted octanol–water partition coefficient (Wildman–Crippen LogP) is 3.43. The largest absolute Gasteiger partial charge is 0.396 e. The highest BCUT2D eigenvalue weighted by Crippen LogP contribution is 2.23. The molecule has 0 aliphatic carbocycles. The van der Waals surface area contributed by atoms with Gasteiger partial charge in [0.1, 0.15) is 5.82 Å². The number of carbonyl (C=O) groups excluding carboxylic acids is 1. The minimum Gasteiger partial charge on any atom is -0.396 e. The first-order valence-electron chi connectivity index (χ1n) is 6.24. The molecule has 1 aromatic heterocycles. The highest BCUT2D eigenvalue weighted by molar-refractivity contribution is 6.16. The molecule has 0 bridgehead atoms. The first-order chi connectivity index (χ1) is 9.56. The van der Waals surface area contributed by atoms with E-state index in [4.69, 9.17) is 5.73 Å². The van der Waals surface area contributed by atoms with E-state index in [0.29, 0.717) is 11.1 Å². The molecule has 0 radical (unpaired) electrons. The number of carbonyl (C=O) groups is 1. The molecule has 0 aliphatic heterocycles. The molecule has 0 spiro atoms. The van der Waals surface area contributed by atoms with Gasteiger partial charge in [0.25, 0.3) is 0 Å². The first-order valence-corrected chi connectivity index (χ1v) is 6.24. The Morgan fingerprint density at radius 3 is 2.75 bits per heavy atom. The molecular formula is C16H13FN2O. The van der Waals surface area contributed by atoms with Crippen molar-refractivity contribution in [3.63, 3.8) is 0 Å². The van der Waals surface area contributed by atoms with Gasteiger partial charge in [0.2, 0.25) is 0 Å². The SMILES string of the molecule is Cc1ccc2c(C(=O)c3ccc(F)c(N)c3)c[nH]c2c1. The zero-order valence-corrected chi connectivity index (χ0v) is 10.9. The molecule has 0 amide bonds. The third-order valence-electron chi connectivity index (χ3n) is 3.34. The molecule has 3 N–H and O–H groups in total. The number of benzene rings is 2. The lowest BCUT2D eigenvalue weighted by atomic mass is 10.0. The summed E-state index contributed by atoms with van der Waals surface area (Å²) < 4.78 is 13.2. The Labute approximate surface area is 115 Å². The van der Waals surface area contributed by atoms with E-state index in [1.54, 1.807) is 6.20 Å². The van der Waals surface area contributed by atoms with Gasteiger partial charge in [0, 0.05) is 28.2 Å². The molecule has 0 unspecified atom stereocenters. The normalized spacial score (nSPS) is 10.9. The summed E-state index contributed by atoms with van der Waals surface area (Å²) in [4.78, 5) is 15.6. The molecule has 20 heavy (non-hydrogen) atoms. The van der Waals surface area contributed by atoms with Crippen LogP contribution in [0.25, 0.3) is 10.9 Å². The maximum absolute atomic E-state index is 13.2. The lowest BCUT2D eigenvalue weighted by Gasteiger charge is -2.02. The molecule has 0 saturated carbocycles. The van der Waals surface area contributed by atoms with Crippen LogP contribution in [0.5, 0.6) is 0 Å². The molecule has 0 fully saturated rings. The average Bonchev–Trinajstić information content (AvgIpc) is 2.84. The first kappa shape index (κ1) is 12.4. The summed E-state index contributed by atoms with van der Waals surface area (Å²) in [5, 5.41) is 0.850. The van der Waals surface area contributed by atoms with Gasteiger partial charge >= 0.3 is 0 Å². The average molecular weight is 268 g/mol. The number of nitrogens with one attached hydrogen (secondary N) is 1. The number of rotatable bonds is 2. The van der Waals surface area contributed by atoms with Gasteiger partial charge in [-0.2, -0.15) is 0 Å².